The highest BCUT2D eigenvalue weighted by Crippen LogP contribution is 2.37. The van der Waals surface area contributed by atoms with Gasteiger partial charge in [-0.1, -0.05) is 41.5 Å². The van der Waals surface area contributed by atoms with Gasteiger partial charge in [0.2, 0.25) is 0 Å². The van der Waals surface area contributed by atoms with Crippen molar-refractivity contribution in [3.8, 4) is 0 Å². The molecule has 1 amide bonds. The van der Waals surface area contributed by atoms with E-state index in [1.807, 2.05) is 6.07 Å². The smallest absolute Gasteiger partial charge is 0.341 e. The summed E-state index contributed by atoms with van der Waals surface area (Å²) in [4.78, 5) is 28.9. The zero-order valence-electron chi connectivity index (χ0n) is 18.1. The fourth-order valence-electron chi connectivity index (χ4n) is 3.15. The molecule has 29 heavy (non-hydrogen) atoms. The molecule has 0 fully saturated rings. The summed E-state index contributed by atoms with van der Waals surface area (Å²) in [5, 5.41) is 2.81. The summed E-state index contributed by atoms with van der Waals surface area (Å²) in [7, 11) is 0. The first-order valence-corrected chi connectivity index (χ1v) is 9.64. The second-order valence-corrected chi connectivity index (χ2v) is 8.95. The molecule has 1 N–H and O–H groups in total. The van der Waals surface area contributed by atoms with Gasteiger partial charge < -0.3 is 10.1 Å². The minimum Gasteiger partial charge on any atom is -0.462 e. The first-order valence-electron chi connectivity index (χ1n) is 9.64. The van der Waals surface area contributed by atoms with E-state index in [4.69, 9.17) is 4.74 Å². The normalized spacial score (nSPS) is 11.9. The molecule has 156 valence electrons. The number of pyridine rings is 1. The Bertz CT molecular complexity index is 925. The lowest BCUT2D eigenvalue weighted by molar-refractivity contribution is 0.0520. The van der Waals surface area contributed by atoms with Crippen molar-refractivity contribution < 1.29 is 18.7 Å². The predicted octanol–water partition coefficient (Wildman–Crippen LogP) is 5.24. The molecule has 0 radical (unpaired) electrons. The summed E-state index contributed by atoms with van der Waals surface area (Å²) in [5.74, 6) is -1.61. The molecule has 0 saturated heterocycles. The summed E-state index contributed by atoms with van der Waals surface area (Å²) in [6.07, 6.45) is 1.66. The van der Waals surface area contributed by atoms with E-state index in [2.05, 4.69) is 51.8 Å². The van der Waals surface area contributed by atoms with E-state index < -0.39 is 17.7 Å². The van der Waals surface area contributed by atoms with Gasteiger partial charge in [-0.05, 0) is 47.6 Å². The van der Waals surface area contributed by atoms with Crippen LogP contribution >= 0.6 is 0 Å². The van der Waals surface area contributed by atoms with Gasteiger partial charge in [-0.3, -0.25) is 4.79 Å². The van der Waals surface area contributed by atoms with Crippen LogP contribution in [0.3, 0.4) is 0 Å². The average Bonchev–Trinajstić information content (AvgIpc) is 2.59. The molecule has 0 aliphatic carbocycles. The van der Waals surface area contributed by atoms with Crippen LogP contribution in [0.25, 0.3) is 0 Å². The van der Waals surface area contributed by atoms with Gasteiger partial charge in [-0.15, -0.1) is 0 Å². The summed E-state index contributed by atoms with van der Waals surface area (Å²) >= 11 is 0. The maximum Gasteiger partial charge on any atom is 0.341 e. The molecule has 0 saturated carbocycles. The van der Waals surface area contributed by atoms with Crippen molar-refractivity contribution >= 4 is 17.7 Å². The topological polar surface area (TPSA) is 68.3 Å². The van der Waals surface area contributed by atoms with E-state index in [-0.39, 0.29) is 28.6 Å². The molecule has 2 rings (SSSR count). The number of nitrogens with zero attached hydrogens (tertiary/aromatic N) is 1. The predicted molar refractivity (Wildman–Crippen MR) is 112 cm³/mol. The minimum absolute atomic E-state index is 0.0957. The van der Waals surface area contributed by atoms with Crippen molar-refractivity contribution in [3.05, 3.63) is 58.5 Å². The zero-order valence-corrected chi connectivity index (χ0v) is 18.1. The highest BCUT2D eigenvalue weighted by molar-refractivity contribution is 6.05. The van der Waals surface area contributed by atoms with Gasteiger partial charge >= 0.3 is 5.97 Å². The molecular formula is C23H29FN2O3. The van der Waals surface area contributed by atoms with Crippen molar-refractivity contribution in [3.63, 3.8) is 0 Å². The number of carbonyl (C=O) groups is 2. The van der Waals surface area contributed by atoms with Gasteiger partial charge in [0.05, 0.1) is 12.2 Å². The Morgan fingerprint density at radius 2 is 1.72 bits per heavy atom. The number of esters is 1. The third-order valence-corrected chi connectivity index (χ3v) is 4.47. The van der Waals surface area contributed by atoms with Crippen LogP contribution in [0, 0.1) is 5.82 Å². The molecule has 5 nitrogen and oxygen atoms in total. The number of nitrogens with one attached hydrogen (secondary N) is 1. The number of benzene rings is 1. The Morgan fingerprint density at radius 1 is 1.07 bits per heavy atom. The van der Waals surface area contributed by atoms with Crippen LogP contribution in [0.5, 0.6) is 0 Å². The molecule has 1 aromatic heterocycles. The number of hydrogen-bond acceptors (Lipinski definition) is 4. The van der Waals surface area contributed by atoms with Crippen LogP contribution in [0.15, 0.2) is 30.5 Å². The fraction of sp³-hybridized carbons (Fsp3) is 0.435. The summed E-state index contributed by atoms with van der Waals surface area (Å²) in [5.41, 5.74) is 1.50. The third kappa shape index (κ3) is 5.19. The Kier molecular flexibility index (Phi) is 6.46. The van der Waals surface area contributed by atoms with Gasteiger partial charge in [-0.25, -0.2) is 14.2 Å². The van der Waals surface area contributed by atoms with Crippen molar-refractivity contribution in [2.75, 3.05) is 11.9 Å². The monoisotopic (exact) mass is 400 g/mol. The Morgan fingerprint density at radius 3 is 2.24 bits per heavy atom. The third-order valence-electron chi connectivity index (χ3n) is 4.47. The standard InChI is InChI=1S/C23H29FN2O3/c1-8-29-21(28)15-10-9-14(13-17(15)24)20(27)26-19-18(23(5,6)7)16(11-12-25-19)22(2,3)4/h9-13H,8H2,1-7H3,(H,25,26,27). The molecular weight excluding hydrogens is 371 g/mol. The van der Waals surface area contributed by atoms with Gasteiger partial charge in [0, 0.05) is 17.3 Å². The summed E-state index contributed by atoms with van der Waals surface area (Å²) in [6, 6.07) is 5.65. The van der Waals surface area contributed by atoms with Crippen LogP contribution in [0.1, 0.15) is 80.3 Å². The highest BCUT2D eigenvalue weighted by atomic mass is 19.1. The molecule has 0 atom stereocenters. The summed E-state index contributed by atoms with van der Waals surface area (Å²) in [6.45, 7) is 14.3. The van der Waals surface area contributed by atoms with Crippen molar-refractivity contribution in [1.29, 1.82) is 0 Å². The molecule has 0 aliphatic rings. The van der Waals surface area contributed by atoms with Crippen LogP contribution < -0.4 is 5.32 Å². The number of amides is 1. The molecule has 2 aromatic rings. The van der Waals surface area contributed by atoms with E-state index in [1.165, 1.54) is 12.1 Å². The second-order valence-electron chi connectivity index (χ2n) is 8.95. The second kappa shape index (κ2) is 8.31. The van der Waals surface area contributed by atoms with Crippen molar-refractivity contribution in [1.82, 2.24) is 4.98 Å². The molecule has 1 heterocycles. The van der Waals surface area contributed by atoms with Crippen molar-refractivity contribution in [2.45, 2.75) is 59.3 Å². The van der Waals surface area contributed by atoms with E-state index >= 15 is 0 Å². The minimum atomic E-state index is -0.802. The van der Waals surface area contributed by atoms with Gasteiger partial charge in [-0.2, -0.15) is 0 Å². The van der Waals surface area contributed by atoms with Crippen LogP contribution in [-0.4, -0.2) is 23.5 Å². The lowest BCUT2D eigenvalue weighted by Crippen LogP contribution is -2.26. The van der Waals surface area contributed by atoms with Crippen LogP contribution in [0.2, 0.25) is 0 Å². The fourth-order valence-corrected chi connectivity index (χ4v) is 3.15. The number of ether oxygens (including phenoxy) is 1. The molecule has 6 heteroatoms. The van der Waals surface area contributed by atoms with Crippen molar-refractivity contribution in [2.24, 2.45) is 0 Å². The quantitative estimate of drug-likeness (QED) is 0.712. The first kappa shape index (κ1) is 22.5. The lowest BCUT2D eigenvalue weighted by Gasteiger charge is -2.31. The van der Waals surface area contributed by atoms with Crippen LogP contribution in [-0.2, 0) is 15.6 Å². The number of halogens is 1. The Balaban J connectivity index is 2.41. The lowest BCUT2D eigenvalue weighted by atomic mass is 9.75. The van der Waals surface area contributed by atoms with Gasteiger partial charge in [0.15, 0.2) is 0 Å². The number of aromatic nitrogens is 1. The van der Waals surface area contributed by atoms with E-state index in [1.54, 1.807) is 13.1 Å². The van der Waals surface area contributed by atoms with E-state index in [0.29, 0.717) is 5.82 Å². The molecule has 0 unspecified atom stereocenters. The average molecular weight is 400 g/mol. The Hall–Kier alpha value is -2.76. The van der Waals surface area contributed by atoms with Crippen LogP contribution in [0.4, 0.5) is 10.2 Å². The number of carbonyl (C=O) groups excluding carboxylic acids is 2. The maximum absolute atomic E-state index is 14.3. The van der Waals surface area contributed by atoms with E-state index in [9.17, 15) is 14.0 Å². The summed E-state index contributed by atoms with van der Waals surface area (Å²) < 4.78 is 19.1. The number of rotatable bonds is 4. The number of anilines is 1. The molecule has 0 bridgehead atoms. The molecule has 1 aromatic carbocycles. The first-order chi connectivity index (χ1) is 13.4. The largest absolute Gasteiger partial charge is 0.462 e. The molecule has 0 aliphatic heterocycles. The van der Waals surface area contributed by atoms with Gasteiger partial charge in [0.1, 0.15) is 11.6 Å². The SMILES string of the molecule is CCOC(=O)c1ccc(C(=O)Nc2nccc(C(C)(C)C)c2C(C)(C)C)cc1F. The Labute approximate surface area is 171 Å². The number of hydrogen-bond donors (Lipinski definition) is 1. The van der Waals surface area contributed by atoms with E-state index in [0.717, 1.165) is 17.2 Å². The maximum atomic E-state index is 14.3. The zero-order chi connectivity index (χ0) is 22.0. The van der Waals surface area contributed by atoms with Gasteiger partial charge in [0.25, 0.3) is 5.91 Å². The highest BCUT2D eigenvalue weighted by Gasteiger charge is 2.29. The molecule has 0 spiro atoms.